The van der Waals surface area contributed by atoms with Crippen LogP contribution < -0.4 is 5.73 Å². The van der Waals surface area contributed by atoms with E-state index in [-0.39, 0.29) is 23.9 Å². The zero-order valence-corrected chi connectivity index (χ0v) is 10.8. The maximum atomic E-state index is 8.98. The third kappa shape index (κ3) is 4.81. The van der Waals surface area contributed by atoms with E-state index < -0.39 is 0 Å². The van der Waals surface area contributed by atoms with Gasteiger partial charge in [-0.15, -0.1) is 0 Å². The lowest BCUT2D eigenvalue weighted by molar-refractivity contribution is 0.155. The lowest BCUT2D eigenvalue weighted by atomic mass is 9.86. The van der Waals surface area contributed by atoms with Gasteiger partial charge in [-0.25, -0.2) is 0 Å². The average Bonchev–Trinajstić information content (AvgIpc) is 2.26. The van der Waals surface area contributed by atoms with Gasteiger partial charge in [-0.2, -0.15) is 0 Å². The highest BCUT2D eigenvalue weighted by atomic mass is 16.4. The molecule has 0 saturated carbocycles. The summed E-state index contributed by atoms with van der Waals surface area (Å²) in [6, 6.07) is 0.173. The van der Waals surface area contributed by atoms with Gasteiger partial charge < -0.3 is 20.9 Å². The normalized spacial score (nSPS) is 15.5. The van der Waals surface area contributed by atoms with Gasteiger partial charge in [0.2, 0.25) is 0 Å². The fraction of sp³-hybridized carbons (Fsp3) is 0.909. The van der Waals surface area contributed by atoms with Crippen LogP contribution in [0.25, 0.3) is 0 Å². The quantitative estimate of drug-likeness (QED) is 0.262. The summed E-state index contributed by atoms with van der Waals surface area (Å²) in [5.74, 6) is 0.269. The van der Waals surface area contributed by atoms with Gasteiger partial charge >= 0.3 is 0 Å². The van der Waals surface area contributed by atoms with E-state index in [1.165, 1.54) is 0 Å². The molecular weight excluding hydrogens is 206 g/mol. The number of likely N-dealkylation sites (N-methyl/N-ethyl adjacent to an activating group) is 1. The zero-order valence-electron chi connectivity index (χ0n) is 10.8. The van der Waals surface area contributed by atoms with Crippen molar-refractivity contribution in [2.45, 2.75) is 39.7 Å². The standard InChI is InChI=1S/C11H25N3O2/c1-9(8-15)14(4)7-5-6-11(2,3)10(12)13-16/h9,15-16H,5-8H2,1-4H3,(H2,12,13). The highest BCUT2D eigenvalue weighted by Crippen LogP contribution is 2.22. The second-order valence-corrected chi connectivity index (χ2v) is 4.98. The Hall–Kier alpha value is -0.810. The number of aliphatic hydroxyl groups is 1. The molecule has 5 heteroatoms. The van der Waals surface area contributed by atoms with E-state index >= 15 is 0 Å². The van der Waals surface area contributed by atoms with Crippen molar-refractivity contribution in [2.24, 2.45) is 16.3 Å². The van der Waals surface area contributed by atoms with Crippen molar-refractivity contribution < 1.29 is 10.3 Å². The molecule has 0 fully saturated rings. The molecule has 0 bridgehead atoms. The third-order valence-corrected chi connectivity index (χ3v) is 3.13. The van der Waals surface area contributed by atoms with E-state index in [2.05, 4.69) is 10.1 Å². The molecule has 0 saturated heterocycles. The second-order valence-electron chi connectivity index (χ2n) is 4.98. The highest BCUT2D eigenvalue weighted by molar-refractivity contribution is 5.85. The molecule has 0 radical (unpaired) electrons. The Bertz CT molecular complexity index is 229. The maximum absolute atomic E-state index is 8.98. The number of amidine groups is 1. The van der Waals surface area contributed by atoms with Crippen molar-refractivity contribution >= 4 is 5.84 Å². The first-order valence-electron chi connectivity index (χ1n) is 5.64. The minimum Gasteiger partial charge on any atom is -0.409 e. The Labute approximate surface area is 97.9 Å². The molecule has 0 aromatic carbocycles. The van der Waals surface area contributed by atoms with Gasteiger partial charge in [-0.05, 0) is 33.4 Å². The lowest BCUT2D eigenvalue weighted by Crippen LogP contribution is -2.35. The Kier molecular flexibility index (Phi) is 6.36. The maximum Gasteiger partial charge on any atom is 0.144 e. The van der Waals surface area contributed by atoms with Gasteiger partial charge in [0.25, 0.3) is 0 Å². The molecule has 0 aromatic rings. The van der Waals surface area contributed by atoms with Gasteiger partial charge in [0, 0.05) is 11.5 Å². The van der Waals surface area contributed by atoms with Crippen LogP contribution in [0, 0.1) is 5.41 Å². The van der Waals surface area contributed by atoms with Crippen molar-refractivity contribution in [3.8, 4) is 0 Å². The summed E-state index contributed by atoms with van der Waals surface area (Å²) < 4.78 is 0. The minimum absolute atomic E-state index is 0.167. The number of nitrogens with zero attached hydrogens (tertiary/aromatic N) is 2. The molecular formula is C11H25N3O2. The van der Waals surface area contributed by atoms with Crippen LogP contribution >= 0.6 is 0 Å². The SMILES string of the molecule is CC(CO)N(C)CCCC(C)(C)C(N)=NO. The van der Waals surface area contributed by atoms with Gasteiger partial charge in [0.05, 0.1) is 6.61 Å². The molecule has 0 aliphatic heterocycles. The van der Waals surface area contributed by atoms with Crippen LogP contribution in [0.4, 0.5) is 0 Å². The van der Waals surface area contributed by atoms with Gasteiger partial charge in [-0.1, -0.05) is 19.0 Å². The summed E-state index contributed by atoms with van der Waals surface area (Å²) in [5, 5.41) is 20.7. The van der Waals surface area contributed by atoms with E-state index in [0.29, 0.717) is 0 Å². The van der Waals surface area contributed by atoms with E-state index in [4.69, 9.17) is 16.0 Å². The van der Waals surface area contributed by atoms with Gasteiger partial charge in [0.1, 0.15) is 5.84 Å². The summed E-state index contributed by atoms with van der Waals surface area (Å²) in [7, 11) is 1.98. The summed E-state index contributed by atoms with van der Waals surface area (Å²) in [6.07, 6.45) is 1.80. The van der Waals surface area contributed by atoms with Crippen LogP contribution in [0.3, 0.4) is 0 Å². The van der Waals surface area contributed by atoms with Crippen LogP contribution in [0.15, 0.2) is 5.16 Å². The fourth-order valence-electron chi connectivity index (χ4n) is 1.39. The number of aliphatic hydroxyl groups excluding tert-OH is 1. The number of hydrogen-bond donors (Lipinski definition) is 3. The average molecular weight is 231 g/mol. The second kappa shape index (κ2) is 6.70. The smallest absolute Gasteiger partial charge is 0.144 e. The summed E-state index contributed by atoms with van der Waals surface area (Å²) >= 11 is 0. The molecule has 0 rings (SSSR count). The number of oxime groups is 1. The van der Waals surface area contributed by atoms with E-state index in [1.54, 1.807) is 0 Å². The van der Waals surface area contributed by atoms with E-state index in [0.717, 1.165) is 19.4 Å². The van der Waals surface area contributed by atoms with Crippen molar-refractivity contribution in [3.05, 3.63) is 0 Å². The molecule has 0 aliphatic carbocycles. The molecule has 0 aliphatic rings. The van der Waals surface area contributed by atoms with Crippen molar-refractivity contribution in [1.29, 1.82) is 0 Å². The van der Waals surface area contributed by atoms with Gasteiger partial charge in [0.15, 0.2) is 0 Å². The first-order valence-corrected chi connectivity index (χ1v) is 5.64. The molecule has 4 N–H and O–H groups in total. The molecule has 5 nitrogen and oxygen atoms in total. The summed E-state index contributed by atoms with van der Waals surface area (Å²) in [4.78, 5) is 2.10. The predicted molar refractivity (Wildman–Crippen MR) is 65.6 cm³/mol. The fourth-order valence-corrected chi connectivity index (χ4v) is 1.39. The number of hydrogen-bond acceptors (Lipinski definition) is 4. The molecule has 0 spiro atoms. The largest absolute Gasteiger partial charge is 0.409 e. The first-order chi connectivity index (χ1) is 7.35. The monoisotopic (exact) mass is 231 g/mol. The Balaban J connectivity index is 3.99. The third-order valence-electron chi connectivity index (χ3n) is 3.13. The Morgan fingerprint density at radius 2 is 2.06 bits per heavy atom. The van der Waals surface area contributed by atoms with Crippen molar-refractivity contribution in [1.82, 2.24) is 4.90 Å². The van der Waals surface area contributed by atoms with Crippen LogP contribution in [0.2, 0.25) is 0 Å². The summed E-state index contributed by atoms with van der Waals surface area (Å²) in [6.45, 7) is 6.95. The van der Waals surface area contributed by atoms with Crippen LogP contribution in [-0.4, -0.2) is 47.3 Å². The Morgan fingerprint density at radius 1 is 1.50 bits per heavy atom. The minimum atomic E-state index is -0.280. The lowest BCUT2D eigenvalue weighted by Gasteiger charge is -2.26. The number of nitrogens with two attached hydrogens (primary N) is 1. The van der Waals surface area contributed by atoms with Crippen LogP contribution in [-0.2, 0) is 0 Å². The predicted octanol–water partition coefficient (Wildman–Crippen LogP) is 0.852. The molecule has 1 unspecified atom stereocenters. The molecule has 0 amide bonds. The summed E-state index contributed by atoms with van der Waals surface area (Å²) in [5.41, 5.74) is 5.32. The molecule has 16 heavy (non-hydrogen) atoms. The van der Waals surface area contributed by atoms with E-state index in [1.807, 2.05) is 27.8 Å². The van der Waals surface area contributed by atoms with Crippen molar-refractivity contribution in [3.63, 3.8) is 0 Å². The molecule has 0 heterocycles. The molecule has 1 atom stereocenters. The van der Waals surface area contributed by atoms with Crippen LogP contribution in [0.1, 0.15) is 33.6 Å². The topological polar surface area (TPSA) is 82.1 Å². The highest BCUT2D eigenvalue weighted by Gasteiger charge is 2.23. The van der Waals surface area contributed by atoms with Crippen LogP contribution in [0.5, 0.6) is 0 Å². The zero-order chi connectivity index (χ0) is 12.8. The van der Waals surface area contributed by atoms with E-state index in [9.17, 15) is 0 Å². The van der Waals surface area contributed by atoms with Gasteiger partial charge in [-0.3, -0.25) is 0 Å². The number of rotatable bonds is 7. The Morgan fingerprint density at radius 3 is 2.50 bits per heavy atom. The molecule has 0 aromatic heterocycles. The first kappa shape index (κ1) is 15.2. The van der Waals surface area contributed by atoms with Crippen molar-refractivity contribution in [2.75, 3.05) is 20.2 Å². The molecule has 96 valence electrons.